The molecule has 2 atom stereocenters. The Kier molecular flexibility index (Phi) is 5.27. The molecule has 9 heteroatoms. The van der Waals surface area contributed by atoms with E-state index >= 15 is 0 Å². The Morgan fingerprint density at radius 3 is 2.64 bits per heavy atom. The van der Waals surface area contributed by atoms with Crippen molar-refractivity contribution in [2.45, 2.75) is 31.1 Å². The van der Waals surface area contributed by atoms with E-state index in [1.807, 2.05) is 18.7 Å². The van der Waals surface area contributed by atoms with Gasteiger partial charge in [0.2, 0.25) is 5.91 Å². The zero-order valence-corrected chi connectivity index (χ0v) is 16.4. The van der Waals surface area contributed by atoms with Crippen LogP contribution in [0.5, 0.6) is 0 Å². The number of hydrogen-bond acceptors (Lipinski definition) is 6. The Hall–Kier alpha value is -2.52. The largest absolute Gasteiger partial charge is 0.372 e. The summed E-state index contributed by atoms with van der Waals surface area (Å²) < 4.78 is 20.5. The monoisotopic (exact) mass is 401 g/mol. The molecule has 0 unspecified atom stereocenters. The molecule has 1 aromatic carbocycles. The van der Waals surface area contributed by atoms with Crippen molar-refractivity contribution in [3.63, 3.8) is 0 Å². The van der Waals surface area contributed by atoms with Crippen LogP contribution in [0, 0.1) is 5.82 Å². The predicted octanol–water partition coefficient (Wildman–Crippen LogP) is 2.68. The molecule has 1 amide bonds. The van der Waals surface area contributed by atoms with Gasteiger partial charge in [-0.05, 0) is 38.1 Å². The standard InChI is InChI=1S/C19H20FN5O2S/c1-12-8-24(9-13(2)27-12)17(26)10-28-19-16-7-23-25(18(16)21-11-22-19)15-5-3-14(20)4-6-15/h3-7,11-13H,8-10H2,1-2H3/t12-,13-/m1/s1. The molecule has 146 valence electrons. The summed E-state index contributed by atoms with van der Waals surface area (Å²) in [6.45, 7) is 5.15. The van der Waals surface area contributed by atoms with Crippen molar-refractivity contribution in [2.24, 2.45) is 0 Å². The van der Waals surface area contributed by atoms with Crippen LogP contribution < -0.4 is 0 Å². The van der Waals surface area contributed by atoms with Gasteiger partial charge in [0, 0.05) is 13.1 Å². The van der Waals surface area contributed by atoms with Crippen LogP contribution in [0.25, 0.3) is 16.7 Å². The van der Waals surface area contributed by atoms with Gasteiger partial charge in [-0.25, -0.2) is 19.0 Å². The van der Waals surface area contributed by atoms with Crippen molar-refractivity contribution < 1.29 is 13.9 Å². The molecule has 0 bridgehead atoms. The second kappa shape index (κ2) is 7.84. The van der Waals surface area contributed by atoms with E-state index in [2.05, 4.69) is 15.1 Å². The van der Waals surface area contributed by atoms with Crippen molar-refractivity contribution in [3.05, 3.63) is 42.6 Å². The van der Waals surface area contributed by atoms with E-state index in [0.717, 1.165) is 5.39 Å². The number of hydrogen-bond donors (Lipinski definition) is 0. The molecule has 3 aromatic rings. The minimum absolute atomic E-state index is 0.0393. The number of ether oxygens (including phenoxy) is 1. The second-order valence-corrected chi connectivity index (χ2v) is 7.76. The number of nitrogens with zero attached hydrogens (tertiary/aromatic N) is 5. The van der Waals surface area contributed by atoms with E-state index < -0.39 is 0 Å². The molecular weight excluding hydrogens is 381 g/mol. The van der Waals surface area contributed by atoms with Crippen LogP contribution in [-0.2, 0) is 9.53 Å². The highest BCUT2D eigenvalue weighted by molar-refractivity contribution is 8.00. The van der Waals surface area contributed by atoms with E-state index in [-0.39, 0.29) is 29.7 Å². The first-order valence-electron chi connectivity index (χ1n) is 9.02. The second-order valence-electron chi connectivity index (χ2n) is 6.79. The van der Waals surface area contributed by atoms with Crippen LogP contribution in [-0.4, -0.2) is 61.6 Å². The first-order chi connectivity index (χ1) is 13.5. The van der Waals surface area contributed by atoms with Crippen LogP contribution >= 0.6 is 11.8 Å². The topological polar surface area (TPSA) is 73.1 Å². The highest BCUT2D eigenvalue weighted by atomic mass is 32.2. The molecule has 1 fully saturated rings. The van der Waals surface area contributed by atoms with Crippen molar-refractivity contribution in [1.82, 2.24) is 24.6 Å². The average Bonchev–Trinajstić information content (AvgIpc) is 3.10. The lowest BCUT2D eigenvalue weighted by atomic mass is 10.2. The zero-order chi connectivity index (χ0) is 19.7. The lowest BCUT2D eigenvalue weighted by Gasteiger charge is -2.35. The van der Waals surface area contributed by atoms with Gasteiger partial charge in [-0.1, -0.05) is 11.8 Å². The molecule has 28 heavy (non-hydrogen) atoms. The van der Waals surface area contributed by atoms with Crippen molar-refractivity contribution in [3.8, 4) is 5.69 Å². The van der Waals surface area contributed by atoms with E-state index in [4.69, 9.17) is 4.74 Å². The van der Waals surface area contributed by atoms with Gasteiger partial charge in [0.15, 0.2) is 5.65 Å². The Balaban J connectivity index is 1.52. The molecule has 2 aromatic heterocycles. The van der Waals surface area contributed by atoms with Gasteiger partial charge in [0.05, 0.1) is 35.2 Å². The summed E-state index contributed by atoms with van der Waals surface area (Å²) in [6.07, 6.45) is 3.20. The number of carbonyl (C=O) groups is 1. The minimum atomic E-state index is -0.309. The van der Waals surface area contributed by atoms with Crippen molar-refractivity contribution >= 4 is 28.7 Å². The van der Waals surface area contributed by atoms with Gasteiger partial charge >= 0.3 is 0 Å². The highest BCUT2D eigenvalue weighted by Gasteiger charge is 2.26. The number of amides is 1. The molecule has 0 aliphatic carbocycles. The minimum Gasteiger partial charge on any atom is -0.372 e. The molecule has 1 saturated heterocycles. The predicted molar refractivity (Wildman–Crippen MR) is 104 cm³/mol. The van der Waals surface area contributed by atoms with Crippen LogP contribution in [0.3, 0.4) is 0 Å². The number of rotatable bonds is 4. The summed E-state index contributed by atoms with van der Waals surface area (Å²) in [4.78, 5) is 23.1. The Labute approximate surface area is 165 Å². The smallest absolute Gasteiger partial charge is 0.233 e. The maximum Gasteiger partial charge on any atom is 0.233 e. The number of aromatic nitrogens is 4. The Morgan fingerprint density at radius 2 is 1.93 bits per heavy atom. The van der Waals surface area contributed by atoms with Gasteiger partial charge in [0.1, 0.15) is 17.2 Å². The fourth-order valence-corrected chi connectivity index (χ4v) is 4.18. The van der Waals surface area contributed by atoms with E-state index in [1.165, 1.54) is 30.2 Å². The molecule has 4 rings (SSSR count). The summed E-state index contributed by atoms with van der Waals surface area (Å²) >= 11 is 1.37. The van der Waals surface area contributed by atoms with Crippen LogP contribution in [0.15, 0.2) is 41.8 Å². The number of carbonyl (C=O) groups excluding carboxylic acids is 1. The van der Waals surface area contributed by atoms with Crippen LogP contribution in [0.4, 0.5) is 4.39 Å². The lowest BCUT2D eigenvalue weighted by molar-refractivity contribution is -0.140. The number of benzene rings is 1. The van der Waals surface area contributed by atoms with Crippen LogP contribution in [0.1, 0.15) is 13.8 Å². The summed E-state index contributed by atoms with van der Waals surface area (Å²) in [5.41, 5.74) is 1.32. The molecular formula is C19H20FN5O2S. The van der Waals surface area contributed by atoms with Crippen LogP contribution in [0.2, 0.25) is 0 Å². The molecule has 0 radical (unpaired) electrons. The first-order valence-corrected chi connectivity index (χ1v) is 10.0. The SMILES string of the molecule is C[C@@H]1CN(C(=O)CSc2ncnc3c2cnn3-c2ccc(F)cc2)C[C@@H](C)O1. The maximum absolute atomic E-state index is 13.2. The van der Waals surface area contributed by atoms with Gasteiger partial charge in [0.25, 0.3) is 0 Å². The summed E-state index contributed by atoms with van der Waals surface area (Å²) in [6, 6.07) is 6.04. The fourth-order valence-electron chi connectivity index (χ4n) is 3.31. The summed E-state index contributed by atoms with van der Waals surface area (Å²) in [7, 11) is 0. The van der Waals surface area contributed by atoms with Crippen molar-refractivity contribution in [2.75, 3.05) is 18.8 Å². The molecule has 1 aliphatic heterocycles. The fraction of sp³-hybridized carbons (Fsp3) is 0.368. The number of halogens is 1. The third-order valence-electron chi connectivity index (χ3n) is 4.51. The number of morpholine rings is 1. The van der Waals surface area contributed by atoms with Gasteiger partial charge in [-0.15, -0.1) is 0 Å². The van der Waals surface area contributed by atoms with E-state index in [1.54, 1.807) is 23.0 Å². The number of fused-ring (bicyclic) bond motifs is 1. The number of thioether (sulfide) groups is 1. The Morgan fingerprint density at radius 1 is 1.21 bits per heavy atom. The molecule has 0 spiro atoms. The third kappa shape index (κ3) is 3.85. The molecule has 1 aliphatic rings. The molecule has 0 N–H and O–H groups in total. The highest BCUT2D eigenvalue weighted by Crippen LogP contribution is 2.26. The quantitative estimate of drug-likeness (QED) is 0.494. The molecule has 3 heterocycles. The van der Waals surface area contributed by atoms with E-state index in [9.17, 15) is 9.18 Å². The van der Waals surface area contributed by atoms with Gasteiger partial charge in [-0.2, -0.15) is 5.10 Å². The van der Waals surface area contributed by atoms with Gasteiger partial charge < -0.3 is 9.64 Å². The first kappa shape index (κ1) is 18.8. The summed E-state index contributed by atoms with van der Waals surface area (Å²) in [5.74, 6) is 0.0360. The van der Waals surface area contributed by atoms with Gasteiger partial charge in [-0.3, -0.25) is 4.79 Å². The lowest BCUT2D eigenvalue weighted by Crippen LogP contribution is -2.48. The van der Waals surface area contributed by atoms with Crippen molar-refractivity contribution in [1.29, 1.82) is 0 Å². The molecule has 0 saturated carbocycles. The molecule has 7 nitrogen and oxygen atoms in total. The summed E-state index contributed by atoms with van der Waals surface area (Å²) in [5, 5.41) is 5.81. The van der Waals surface area contributed by atoms with E-state index in [0.29, 0.717) is 29.5 Å². The maximum atomic E-state index is 13.2. The zero-order valence-electron chi connectivity index (χ0n) is 15.6. The average molecular weight is 401 g/mol. The Bertz CT molecular complexity index is 984. The third-order valence-corrected chi connectivity index (χ3v) is 5.50. The normalized spacial score (nSPS) is 19.9.